The summed E-state index contributed by atoms with van der Waals surface area (Å²) in [5.74, 6) is 0.331. The third-order valence-electron chi connectivity index (χ3n) is 3.92. The zero-order chi connectivity index (χ0) is 18.7. The van der Waals surface area contributed by atoms with Crippen LogP contribution in [-0.4, -0.2) is 34.0 Å². The Morgan fingerprint density at radius 1 is 1.23 bits per heavy atom. The summed E-state index contributed by atoms with van der Waals surface area (Å²) in [6.07, 6.45) is -0.753. The van der Waals surface area contributed by atoms with Crippen molar-refractivity contribution in [1.29, 1.82) is 0 Å². The van der Waals surface area contributed by atoms with Gasteiger partial charge in [-0.3, -0.25) is 0 Å². The number of aliphatic hydroxyl groups is 1. The zero-order valence-electron chi connectivity index (χ0n) is 13.9. The van der Waals surface area contributed by atoms with Gasteiger partial charge in [0.2, 0.25) is 16.8 Å². The lowest BCUT2D eigenvalue weighted by atomic mass is 10.1. The lowest BCUT2D eigenvalue weighted by Crippen LogP contribution is -2.26. The van der Waals surface area contributed by atoms with E-state index in [1.54, 1.807) is 18.2 Å². The number of hydrogen-bond acceptors (Lipinski definition) is 6. The quantitative estimate of drug-likeness (QED) is 0.759. The molecule has 0 saturated heterocycles. The maximum Gasteiger partial charge on any atom is 0.240 e. The van der Waals surface area contributed by atoms with E-state index in [0.717, 1.165) is 6.07 Å². The van der Waals surface area contributed by atoms with E-state index in [4.69, 9.17) is 14.2 Å². The molecule has 7 nitrogen and oxygen atoms in total. The van der Waals surface area contributed by atoms with Crippen LogP contribution in [0.2, 0.25) is 0 Å². The van der Waals surface area contributed by atoms with Gasteiger partial charge in [0.15, 0.2) is 23.1 Å². The number of hydrogen-bond donors (Lipinski definition) is 2. The van der Waals surface area contributed by atoms with E-state index in [-0.39, 0.29) is 30.4 Å². The molecule has 0 bridgehead atoms. The van der Waals surface area contributed by atoms with E-state index in [0.29, 0.717) is 17.1 Å². The average molecular weight is 383 g/mol. The summed E-state index contributed by atoms with van der Waals surface area (Å²) in [6.45, 7) is 0.110. The molecule has 1 heterocycles. The van der Waals surface area contributed by atoms with Gasteiger partial charge in [0.05, 0.1) is 18.1 Å². The van der Waals surface area contributed by atoms with E-state index in [9.17, 15) is 17.9 Å². The van der Waals surface area contributed by atoms with Gasteiger partial charge in [-0.2, -0.15) is 0 Å². The Morgan fingerprint density at radius 2 is 2.00 bits per heavy atom. The summed E-state index contributed by atoms with van der Waals surface area (Å²) in [4.78, 5) is -0.214. The van der Waals surface area contributed by atoms with Gasteiger partial charge in [-0.25, -0.2) is 17.5 Å². The Balaban J connectivity index is 1.60. The van der Waals surface area contributed by atoms with E-state index in [1.807, 2.05) is 0 Å². The SMILES string of the molecule is COc1ccc(S(=O)(=O)NCCC(O)c2ccc3c(c2)OCO3)cc1F. The molecule has 0 fully saturated rings. The van der Waals surface area contributed by atoms with Crippen molar-refractivity contribution in [2.24, 2.45) is 0 Å². The number of rotatable bonds is 7. The highest BCUT2D eigenvalue weighted by molar-refractivity contribution is 7.89. The molecule has 1 atom stereocenters. The zero-order valence-corrected chi connectivity index (χ0v) is 14.8. The Bertz CT molecular complexity index is 902. The molecule has 0 radical (unpaired) electrons. The molecule has 2 N–H and O–H groups in total. The molecule has 1 unspecified atom stereocenters. The molecule has 0 aromatic heterocycles. The highest BCUT2D eigenvalue weighted by Crippen LogP contribution is 2.34. The Labute approximate surface area is 150 Å². The van der Waals surface area contributed by atoms with Crippen LogP contribution in [0.4, 0.5) is 4.39 Å². The van der Waals surface area contributed by atoms with Crippen LogP contribution >= 0.6 is 0 Å². The highest BCUT2D eigenvalue weighted by atomic mass is 32.2. The fourth-order valence-corrected chi connectivity index (χ4v) is 3.57. The minimum absolute atomic E-state index is 0.0222. The third kappa shape index (κ3) is 3.90. The topological polar surface area (TPSA) is 94.1 Å². The van der Waals surface area contributed by atoms with Crippen LogP contribution in [0.3, 0.4) is 0 Å². The van der Waals surface area contributed by atoms with Crippen molar-refractivity contribution >= 4 is 10.0 Å². The van der Waals surface area contributed by atoms with Gasteiger partial charge in [-0.15, -0.1) is 0 Å². The van der Waals surface area contributed by atoms with Crippen LogP contribution in [0.1, 0.15) is 18.1 Å². The fourth-order valence-electron chi connectivity index (χ4n) is 2.51. The summed E-state index contributed by atoms with van der Waals surface area (Å²) in [7, 11) is -2.60. The van der Waals surface area contributed by atoms with Crippen molar-refractivity contribution in [2.45, 2.75) is 17.4 Å². The first-order valence-electron chi connectivity index (χ1n) is 7.81. The van der Waals surface area contributed by atoms with Gasteiger partial charge in [0.25, 0.3) is 0 Å². The summed E-state index contributed by atoms with van der Waals surface area (Å²) >= 11 is 0. The monoisotopic (exact) mass is 383 g/mol. The number of benzene rings is 2. The van der Waals surface area contributed by atoms with Crippen molar-refractivity contribution in [1.82, 2.24) is 4.72 Å². The largest absolute Gasteiger partial charge is 0.494 e. The molecule has 2 aromatic rings. The predicted octanol–water partition coefficient (Wildman–Crippen LogP) is 1.97. The predicted molar refractivity (Wildman–Crippen MR) is 90.3 cm³/mol. The Hall–Kier alpha value is -2.36. The molecule has 2 aromatic carbocycles. The van der Waals surface area contributed by atoms with Crippen molar-refractivity contribution in [3.8, 4) is 17.2 Å². The Kier molecular flexibility index (Phi) is 5.30. The molecule has 26 heavy (non-hydrogen) atoms. The molecule has 0 spiro atoms. The second-order valence-electron chi connectivity index (χ2n) is 5.61. The number of aliphatic hydroxyl groups excluding tert-OH is 1. The minimum atomic E-state index is -3.90. The first kappa shape index (κ1) is 18.4. The van der Waals surface area contributed by atoms with Gasteiger partial charge in [0, 0.05) is 6.54 Å². The first-order valence-corrected chi connectivity index (χ1v) is 9.30. The molecule has 0 aliphatic carbocycles. The number of methoxy groups -OCH3 is 1. The number of fused-ring (bicyclic) bond motifs is 1. The number of halogens is 1. The van der Waals surface area contributed by atoms with Crippen molar-refractivity contribution in [3.63, 3.8) is 0 Å². The maximum atomic E-state index is 13.7. The molecule has 9 heteroatoms. The third-order valence-corrected chi connectivity index (χ3v) is 5.38. The smallest absolute Gasteiger partial charge is 0.240 e. The number of nitrogens with one attached hydrogen (secondary N) is 1. The summed E-state index contributed by atoms with van der Waals surface area (Å²) < 4.78 is 55.7. The summed E-state index contributed by atoms with van der Waals surface area (Å²) in [6, 6.07) is 8.40. The molecule has 0 saturated carbocycles. The van der Waals surface area contributed by atoms with Crippen LogP contribution in [0.25, 0.3) is 0 Å². The summed E-state index contributed by atoms with van der Waals surface area (Å²) in [5.41, 5.74) is 0.587. The second kappa shape index (κ2) is 7.48. The first-order chi connectivity index (χ1) is 12.4. The maximum absolute atomic E-state index is 13.7. The molecule has 1 aliphatic rings. The van der Waals surface area contributed by atoms with Gasteiger partial charge in [-0.1, -0.05) is 6.07 Å². The van der Waals surface area contributed by atoms with Gasteiger partial charge < -0.3 is 19.3 Å². The van der Waals surface area contributed by atoms with Gasteiger partial charge in [0.1, 0.15) is 0 Å². The van der Waals surface area contributed by atoms with Crippen molar-refractivity contribution < 1.29 is 32.1 Å². The molecular formula is C17H18FNO6S. The van der Waals surface area contributed by atoms with Gasteiger partial charge >= 0.3 is 0 Å². The molecular weight excluding hydrogens is 365 g/mol. The highest BCUT2D eigenvalue weighted by Gasteiger charge is 2.19. The second-order valence-corrected chi connectivity index (χ2v) is 7.38. The van der Waals surface area contributed by atoms with Crippen LogP contribution in [-0.2, 0) is 10.0 Å². The molecule has 1 aliphatic heterocycles. The fraction of sp³-hybridized carbons (Fsp3) is 0.294. The minimum Gasteiger partial charge on any atom is -0.494 e. The molecule has 0 amide bonds. The lowest BCUT2D eigenvalue weighted by Gasteiger charge is -2.13. The van der Waals surface area contributed by atoms with E-state index in [1.165, 1.54) is 19.2 Å². The Morgan fingerprint density at radius 3 is 2.73 bits per heavy atom. The average Bonchev–Trinajstić information content (AvgIpc) is 3.09. The van der Waals surface area contributed by atoms with E-state index in [2.05, 4.69) is 4.72 Å². The van der Waals surface area contributed by atoms with Crippen LogP contribution < -0.4 is 18.9 Å². The van der Waals surface area contributed by atoms with Crippen molar-refractivity contribution in [2.75, 3.05) is 20.4 Å². The van der Waals surface area contributed by atoms with E-state index >= 15 is 0 Å². The number of sulfonamides is 1. The summed E-state index contributed by atoms with van der Waals surface area (Å²) in [5, 5.41) is 10.2. The van der Waals surface area contributed by atoms with Crippen LogP contribution in [0.15, 0.2) is 41.3 Å². The van der Waals surface area contributed by atoms with Crippen molar-refractivity contribution in [3.05, 3.63) is 47.8 Å². The van der Waals surface area contributed by atoms with Crippen LogP contribution in [0.5, 0.6) is 17.2 Å². The molecule has 140 valence electrons. The van der Waals surface area contributed by atoms with Gasteiger partial charge in [-0.05, 0) is 42.3 Å². The molecule has 3 rings (SSSR count). The van der Waals surface area contributed by atoms with E-state index < -0.39 is 21.9 Å². The normalized spacial score (nSPS) is 14.3. The number of ether oxygens (including phenoxy) is 3. The standard InChI is InChI=1S/C17H18FNO6S/c1-23-15-5-3-12(9-13(15)18)26(21,22)19-7-6-14(20)11-2-4-16-17(8-11)25-10-24-16/h2-5,8-9,14,19-20H,6-7,10H2,1H3. The lowest BCUT2D eigenvalue weighted by molar-refractivity contribution is 0.166. The van der Waals surface area contributed by atoms with Crippen LogP contribution in [0, 0.1) is 5.82 Å².